The SMILES string of the molecule is C/C=C(/C)NC(c1ccccc1)c1ccccc1.CC.CC(=O)C=[N+]=[N-].CC(C)=CNC(c1ccccc1)c1ccccc1.CC=NC(c1ccccc1)c1ccccc1.C[C@@H]1[C@H](C)N1C(c1ccccc1)c1ccccc1.Oc1c(-c2c(-c3ccccc3)cc3ccc4ccccc4c3c2O)c(-c2ccccc2)cc2ccc3ccccc3c12. The number of benzene rings is 16. The molecule has 16 aromatic rings. The second kappa shape index (κ2) is 44.3. The fourth-order valence-corrected chi connectivity index (χ4v) is 15.1. The molecule has 17 rings (SSSR count). The molecular formula is C111H108N6O3. The zero-order valence-corrected chi connectivity index (χ0v) is 70.3. The van der Waals surface area contributed by atoms with Crippen molar-refractivity contribution in [1.29, 1.82) is 0 Å². The van der Waals surface area contributed by atoms with Gasteiger partial charge < -0.3 is 26.4 Å². The highest BCUT2D eigenvalue weighted by molar-refractivity contribution is 6.24. The number of phenolic OH excluding ortho intramolecular Hbond substituents is 2. The van der Waals surface area contributed by atoms with Crippen LogP contribution in [0, 0.1) is 0 Å². The number of phenols is 2. The van der Waals surface area contributed by atoms with Crippen LogP contribution in [0.5, 0.6) is 11.5 Å². The number of aromatic hydroxyl groups is 2. The number of carbonyl (C=O) groups is 1. The molecule has 0 saturated carbocycles. The van der Waals surface area contributed by atoms with Crippen LogP contribution >= 0.6 is 0 Å². The molecule has 1 aliphatic heterocycles. The highest BCUT2D eigenvalue weighted by atomic mass is 16.3. The summed E-state index contributed by atoms with van der Waals surface area (Å²) in [5.74, 6) is 0.0722. The summed E-state index contributed by atoms with van der Waals surface area (Å²) in [5.41, 5.74) is 25.3. The molecule has 1 saturated heterocycles. The van der Waals surface area contributed by atoms with Crippen LogP contribution in [0.3, 0.4) is 0 Å². The number of rotatable bonds is 18. The number of Topliss-reactive ketones (excluding diaryl/α,β-unsaturated/α-hetero) is 1. The molecule has 0 radical (unpaired) electrons. The predicted molar refractivity (Wildman–Crippen MR) is 507 cm³/mol. The van der Waals surface area contributed by atoms with Gasteiger partial charge in [-0.2, -0.15) is 4.79 Å². The first-order valence-electron chi connectivity index (χ1n) is 41.3. The maximum Gasteiger partial charge on any atom is 0.322 e. The van der Waals surface area contributed by atoms with Crippen molar-refractivity contribution in [2.75, 3.05) is 0 Å². The van der Waals surface area contributed by atoms with E-state index in [-0.39, 0.29) is 35.4 Å². The van der Waals surface area contributed by atoms with Gasteiger partial charge in [0, 0.05) is 46.6 Å². The Labute approximate surface area is 709 Å². The average Bonchev–Trinajstić information content (AvgIpc) is 1.03. The lowest BCUT2D eigenvalue weighted by atomic mass is 9.83. The van der Waals surface area contributed by atoms with Crippen LogP contribution in [0.25, 0.3) is 82.0 Å². The number of aliphatic imine (C=N–C) groups is 1. The zero-order chi connectivity index (χ0) is 84.5. The largest absolute Gasteiger partial charge is 0.507 e. The van der Waals surface area contributed by atoms with Gasteiger partial charge in [0.15, 0.2) is 0 Å². The fourth-order valence-electron chi connectivity index (χ4n) is 15.1. The number of hydrogen-bond donors (Lipinski definition) is 4. The van der Waals surface area contributed by atoms with Gasteiger partial charge in [0.25, 0.3) is 0 Å². The zero-order valence-electron chi connectivity index (χ0n) is 70.3. The van der Waals surface area contributed by atoms with Crippen molar-refractivity contribution < 1.29 is 19.8 Å². The van der Waals surface area contributed by atoms with Crippen molar-refractivity contribution in [3.8, 4) is 44.9 Å². The number of nitrogens with zero attached hydrogens (tertiary/aromatic N) is 4. The van der Waals surface area contributed by atoms with Crippen molar-refractivity contribution in [1.82, 2.24) is 15.5 Å². The number of carbonyl (C=O) groups excluding carboxylic acids is 1. The van der Waals surface area contributed by atoms with E-state index in [2.05, 4.69) is 370 Å². The minimum absolute atomic E-state index is 0.118. The molecule has 0 aromatic heterocycles. The number of hydrogen-bond acceptors (Lipinski definition) is 7. The summed E-state index contributed by atoms with van der Waals surface area (Å²) in [6.07, 6.45) is 6.87. The quantitative estimate of drug-likeness (QED) is 0.0222. The molecule has 16 aromatic carbocycles. The monoisotopic (exact) mass is 1570 g/mol. The molecule has 0 amide bonds. The standard InChI is InChI=1S/C40H26O2.3C17H19N.C15H15N.C3H4N2O.C2H6/c41-39-35-29(21-19-27-15-7-9-17-31(27)35)23-33(25-11-3-1-4-12-25)37(39)38-34(26-13-5-2-6-14-26)24-30-22-20-28-16-8-10-18-32(28)36(30)40(38)42;1-13-14(2)18(13)17(15-9-5-3-6-10-15)16-11-7-4-8-12-16;1-14(2)13-18-17(15-9-5-3-6-10-15)16-11-7-4-8-12-16;1-3-14(2)18-17(15-10-6-4-7-11-15)16-12-8-5-9-13-16;1-2-16-15(13-9-5-3-6-10-13)14-11-7-4-8-12-14;1-3(6)2-5-4;1-2/h1-24,41-42H;3-14,17H,1-2H3;2*3-13,17-18H,1-2H3;2-12,15H,1H3;2H,1H3;1-2H3/b;;;14-3-;;;/t;13-,14+,18?;;;;;. The molecule has 9 nitrogen and oxygen atoms in total. The first kappa shape index (κ1) is 86.8. The van der Waals surface area contributed by atoms with Crippen molar-refractivity contribution in [3.63, 3.8) is 0 Å². The van der Waals surface area contributed by atoms with Gasteiger partial charge in [0.1, 0.15) is 11.5 Å². The minimum Gasteiger partial charge on any atom is -0.507 e. The third-order valence-corrected chi connectivity index (χ3v) is 21.1. The smallest absolute Gasteiger partial charge is 0.322 e. The molecule has 120 heavy (non-hydrogen) atoms. The van der Waals surface area contributed by atoms with Crippen LogP contribution in [0.1, 0.15) is 138 Å². The molecule has 0 aliphatic carbocycles. The van der Waals surface area contributed by atoms with Gasteiger partial charge in [-0.05, 0) is 172 Å². The molecule has 4 N–H and O–H groups in total. The lowest BCUT2D eigenvalue weighted by Crippen LogP contribution is -2.20. The van der Waals surface area contributed by atoms with Crippen molar-refractivity contribution >= 4 is 61.3 Å². The number of allylic oxidation sites excluding steroid dienone is 3. The normalized spacial score (nSPS) is 13.1. The topological polar surface area (TPSA) is 133 Å². The lowest BCUT2D eigenvalue weighted by Gasteiger charge is -2.22. The number of ketones is 1. The molecule has 0 spiro atoms. The molecule has 0 bridgehead atoms. The van der Waals surface area contributed by atoms with Gasteiger partial charge in [-0.25, -0.2) is 0 Å². The first-order chi connectivity index (χ1) is 58.7. The maximum atomic E-state index is 12.4. The summed E-state index contributed by atoms with van der Waals surface area (Å²) in [4.78, 5) is 19.3. The molecule has 1 aliphatic rings. The van der Waals surface area contributed by atoms with E-state index in [0.29, 0.717) is 29.3 Å². The van der Waals surface area contributed by atoms with E-state index in [1.807, 2.05) is 124 Å². The first-order valence-corrected chi connectivity index (χ1v) is 41.3. The van der Waals surface area contributed by atoms with Gasteiger partial charge in [-0.15, -0.1) is 0 Å². The van der Waals surface area contributed by atoms with Gasteiger partial charge in [-0.1, -0.05) is 402 Å². The third-order valence-electron chi connectivity index (χ3n) is 21.1. The average molecular weight is 1570 g/mol. The summed E-state index contributed by atoms with van der Waals surface area (Å²) >= 11 is 0. The van der Waals surface area contributed by atoms with E-state index >= 15 is 0 Å². The molecule has 3 atom stereocenters. The summed E-state index contributed by atoms with van der Waals surface area (Å²) in [6, 6.07) is 136. The van der Waals surface area contributed by atoms with Crippen molar-refractivity contribution in [2.45, 2.75) is 105 Å². The Balaban J connectivity index is 0.000000153. The van der Waals surface area contributed by atoms with E-state index in [9.17, 15) is 15.0 Å². The van der Waals surface area contributed by atoms with Crippen LogP contribution in [0.2, 0.25) is 0 Å². The summed E-state index contributed by atoms with van der Waals surface area (Å²) < 4.78 is 0. The van der Waals surface area contributed by atoms with Crippen LogP contribution < -0.4 is 10.6 Å². The van der Waals surface area contributed by atoms with Crippen LogP contribution in [0.4, 0.5) is 0 Å². The third kappa shape index (κ3) is 22.6. The Morgan fingerprint density at radius 1 is 0.400 bits per heavy atom. The van der Waals surface area contributed by atoms with Gasteiger partial charge in [-0.3, -0.25) is 14.7 Å². The van der Waals surface area contributed by atoms with Crippen LogP contribution in [-0.2, 0) is 4.79 Å². The molecule has 1 heterocycles. The second-order valence-corrected chi connectivity index (χ2v) is 29.4. The Bertz CT molecular complexity index is 5700. The van der Waals surface area contributed by atoms with E-state index < -0.39 is 0 Å². The highest BCUT2D eigenvalue weighted by Crippen LogP contribution is 2.54. The van der Waals surface area contributed by atoms with Gasteiger partial charge in [0.2, 0.25) is 5.78 Å². The van der Waals surface area contributed by atoms with Crippen LogP contribution in [-0.4, -0.2) is 50.2 Å². The highest BCUT2D eigenvalue weighted by Gasteiger charge is 2.45. The fraction of sp³-hybridized carbons (Fsp3) is 0.144. The minimum atomic E-state index is -0.252. The summed E-state index contributed by atoms with van der Waals surface area (Å²) in [5, 5.41) is 39.4. The van der Waals surface area contributed by atoms with E-state index in [1.54, 1.807) is 0 Å². The molecule has 1 fully saturated rings. The molecular weight excluding hydrogens is 1470 g/mol. The van der Waals surface area contributed by atoms with Crippen molar-refractivity contribution in [2.24, 2.45) is 4.99 Å². The van der Waals surface area contributed by atoms with E-state index in [1.165, 1.54) is 62.7 Å². The Hall–Kier alpha value is -14.1. The van der Waals surface area contributed by atoms with Gasteiger partial charge >= 0.3 is 6.21 Å². The number of nitrogens with one attached hydrogen (secondary N) is 2. The lowest BCUT2D eigenvalue weighted by molar-refractivity contribution is -0.114. The number of fused-ring (bicyclic) bond motifs is 6. The summed E-state index contributed by atoms with van der Waals surface area (Å²) in [7, 11) is 0. The van der Waals surface area contributed by atoms with E-state index in [0.717, 1.165) is 71.6 Å². The molecule has 9 heteroatoms. The summed E-state index contributed by atoms with van der Waals surface area (Å²) in [6.45, 7) is 20.2. The maximum absolute atomic E-state index is 12.4. The van der Waals surface area contributed by atoms with E-state index in [4.69, 9.17) is 5.53 Å². The Kier molecular flexibility index (Phi) is 32.0. The Morgan fingerprint density at radius 2 is 0.700 bits per heavy atom. The predicted octanol–water partition coefficient (Wildman–Crippen LogP) is 27.9. The molecule has 600 valence electrons. The van der Waals surface area contributed by atoms with Gasteiger partial charge in [0.05, 0.1) is 24.2 Å². The second-order valence-electron chi connectivity index (χ2n) is 29.4. The Morgan fingerprint density at radius 3 is 1.00 bits per heavy atom. The molecule has 1 unspecified atom stereocenters. The van der Waals surface area contributed by atoms with Crippen molar-refractivity contribution in [3.05, 3.63) is 462 Å². The van der Waals surface area contributed by atoms with Crippen LogP contribution in [0.15, 0.2) is 417 Å².